The van der Waals surface area contributed by atoms with Crippen LogP contribution in [0.4, 0.5) is 0 Å². The van der Waals surface area contributed by atoms with Crippen molar-refractivity contribution in [1.29, 1.82) is 0 Å². The third-order valence-electron chi connectivity index (χ3n) is 2.31. The summed E-state index contributed by atoms with van der Waals surface area (Å²) in [5.41, 5.74) is 1.15. The third kappa shape index (κ3) is 16.6. The number of para-hydroxylation sites is 2. The van der Waals surface area contributed by atoms with E-state index in [9.17, 15) is 0 Å². The maximum Gasteiger partial charge on any atom is 0.394 e. The Labute approximate surface area is 151 Å². The van der Waals surface area contributed by atoms with Crippen LogP contribution in [0.15, 0.2) is 67.3 Å². The smallest absolute Gasteiger partial charge is 0.394 e. The van der Waals surface area contributed by atoms with Gasteiger partial charge in [-0.2, -0.15) is 16.8 Å². The lowest BCUT2D eigenvalue weighted by molar-refractivity contribution is 0.378. The standard InChI is InChI=1S/C15H14O.2H2O4S/c1-2-8-13-9-6-7-12-15(13)16-14-10-4-3-5-11-14;2*1-5(2,3)4/h2-7,9-12H,1,8H2;2*(H2,1,2,3,4). The average molecular weight is 406 g/mol. The molecule has 0 aliphatic heterocycles. The van der Waals surface area contributed by atoms with Crippen LogP contribution in [0.2, 0.25) is 0 Å². The molecule has 144 valence electrons. The van der Waals surface area contributed by atoms with Gasteiger partial charge in [0.1, 0.15) is 11.5 Å². The number of allylic oxidation sites excluding steroid dienone is 1. The van der Waals surface area contributed by atoms with E-state index in [-0.39, 0.29) is 0 Å². The number of rotatable bonds is 4. The molecule has 2 aromatic rings. The van der Waals surface area contributed by atoms with E-state index in [1.807, 2.05) is 54.6 Å². The highest BCUT2D eigenvalue weighted by Crippen LogP contribution is 2.25. The monoisotopic (exact) mass is 406 g/mol. The van der Waals surface area contributed by atoms with Crippen LogP contribution in [0.1, 0.15) is 5.56 Å². The Hall–Kier alpha value is -2.28. The fourth-order valence-corrected chi connectivity index (χ4v) is 1.54. The molecular weight excluding hydrogens is 388 g/mol. The SMILES string of the molecule is C=CCc1ccccc1Oc1ccccc1.O=S(=O)(O)O.O=S(=O)(O)O. The molecule has 0 heterocycles. The maximum atomic E-state index is 8.74. The molecule has 0 atom stereocenters. The highest BCUT2D eigenvalue weighted by Gasteiger charge is 2.01. The lowest BCUT2D eigenvalue weighted by atomic mass is 10.1. The molecule has 2 aromatic carbocycles. The Kier molecular flexibility index (Phi) is 10.4. The van der Waals surface area contributed by atoms with Gasteiger partial charge in [0, 0.05) is 0 Å². The molecule has 0 aromatic heterocycles. The molecule has 0 spiro atoms. The van der Waals surface area contributed by atoms with Crippen LogP contribution >= 0.6 is 0 Å². The van der Waals surface area contributed by atoms with Crippen molar-refractivity contribution in [2.45, 2.75) is 6.42 Å². The molecule has 0 fully saturated rings. The predicted molar refractivity (Wildman–Crippen MR) is 95.2 cm³/mol. The predicted octanol–water partition coefficient (Wildman–Crippen LogP) is 2.90. The quantitative estimate of drug-likeness (QED) is 0.442. The van der Waals surface area contributed by atoms with Crippen molar-refractivity contribution in [3.8, 4) is 11.5 Å². The van der Waals surface area contributed by atoms with E-state index >= 15 is 0 Å². The highest BCUT2D eigenvalue weighted by atomic mass is 32.3. The zero-order valence-electron chi connectivity index (χ0n) is 13.3. The molecule has 0 saturated carbocycles. The second-order valence-corrected chi connectivity index (χ2v) is 6.20. The topological polar surface area (TPSA) is 158 Å². The van der Waals surface area contributed by atoms with Gasteiger partial charge in [-0.25, -0.2) is 0 Å². The molecule has 0 unspecified atom stereocenters. The first-order valence-electron chi connectivity index (χ1n) is 6.71. The van der Waals surface area contributed by atoms with Crippen molar-refractivity contribution in [2.24, 2.45) is 0 Å². The van der Waals surface area contributed by atoms with Gasteiger partial charge in [-0.15, -0.1) is 6.58 Å². The van der Waals surface area contributed by atoms with E-state index < -0.39 is 20.8 Å². The Bertz CT molecular complexity index is 830. The number of hydrogen-bond donors (Lipinski definition) is 4. The van der Waals surface area contributed by atoms with E-state index in [0.29, 0.717) is 0 Å². The number of ether oxygens (including phenoxy) is 1. The minimum atomic E-state index is -4.67. The van der Waals surface area contributed by atoms with Crippen molar-refractivity contribution >= 4 is 20.8 Å². The van der Waals surface area contributed by atoms with Gasteiger partial charge < -0.3 is 4.74 Å². The summed E-state index contributed by atoms with van der Waals surface area (Å²) in [7, 11) is -9.33. The lowest BCUT2D eigenvalue weighted by Gasteiger charge is -2.09. The first-order chi connectivity index (χ1) is 11.9. The van der Waals surface area contributed by atoms with E-state index in [1.54, 1.807) is 0 Å². The van der Waals surface area contributed by atoms with Crippen molar-refractivity contribution in [1.82, 2.24) is 0 Å². The minimum Gasteiger partial charge on any atom is -0.457 e. The minimum absolute atomic E-state index is 0.822. The zero-order chi connectivity index (χ0) is 20.2. The molecular formula is C15H18O9S2. The zero-order valence-corrected chi connectivity index (χ0v) is 15.0. The second kappa shape index (κ2) is 11.4. The highest BCUT2D eigenvalue weighted by molar-refractivity contribution is 7.80. The molecule has 2 rings (SSSR count). The van der Waals surface area contributed by atoms with Crippen LogP contribution in [0.5, 0.6) is 11.5 Å². The molecule has 26 heavy (non-hydrogen) atoms. The van der Waals surface area contributed by atoms with Crippen LogP contribution in [0, 0.1) is 0 Å². The summed E-state index contributed by atoms with van der Waals surface area (Å²) in [6.45, 7) is 3.75. The van der Waals surface area contributed by atoms with Gasteiger partial charge in [0.05, 0.1) is 0 Å². The van der Waals surface area contributed by atoms with E-state index in [2.05, 4.69) is 12.6 Å². The van der Waals surface area contributed by atoms with Crippen molar-refractivity contribution in [2.75, 3.05) is 0 Å². The first-order valence-corrected chi connectivity index (χ1v) is 9.51. The Morgan fingerprint density at radius 3 is 1.69 bits per heavy atom. The van der Waals surface area contributed by atoms with Crippen molar-refractivity contribution in [3.05, 3.63) is 72.8 Å². The molecule has 9 nitrogen and oxygen atoms in total. The van der Waals surface area contributed by atoms with Gasteiger partial charge in [0.15, 0.2) is 0 Å². The molecule has 0 aliphatic carbocycles. The summed E-state index contributed by atoms with van der Waals surface area (Å²) in [5.74, 6) is 1.76. The first kappa shape index (κ1) is 23.7. The normalized spacial score (nSPS) is 10.5. The van der Waals surface area contributed by atoms with Gasteiger partial charge in [0.2, 0.25) is 0 Å². The molecule has 4 N–H and O–H groups in total. The molecule has 0 bridgehead atoms. The van der Waals surface area contributed by atoms with Crippen molar-refractivity contribution < 1.29 is 39.8 Å². The van der Waals surface area contributed by atoms with Crippen molar-refractivity contribution in [3.63, 3.8) is 0 Å². The van der Waals surface area contributed by atoms with Crippen LogP contribution in [-0.4, -0.2) is 35.0 Å². The fraction of sp³-hybridized carbons (Fsp3) is 0.0667. The van der Waals surface area contributed by atoms with Gasteiger partial charge >= 0.3 is 20.8 Å². The summed E-state index contributed by atoms with van der Waals surface area (Å²) >= 11 is 0. The maximum absolute atomic E-state index is 8.74. The summed E-state index contributed by atoms with van der Waals surface area (Å²) in [6, 6.07) is 17.8. The van der Waals surface area contributed by atoms with Gasteiger partial charge in [0.25, 0.3) is 0 Å². The molecule has 0 amide bonds. The summed E-state index contributed by atoms with van der Waals surface area (Å²) in [4.78, 5) is 0. The Morgan fingerprint density at radius 2 is 1.23 bits per heavy atom. The van der Waals surface area contributed by atoms with Crippen LogP contribution < -0.4 is 4.74 Å². The van der Waals surface area contributed by atoms with Gasteiger partial charge in [-0.3, -0.25) is 18.2 Å². The van der Waals surface area contributed by atoms with Gasteiger partial charge in [-0.1, -0.05) is 42.5 Å². The number of benzene rings is 2. The summed E-state index contributed by atoms with van der Waals surface area (Å²) < 4.78 is 69.0. The fourth-order valence-electron chi connectivity index (χ4n) is 1.54. The lowest BCUT2D eigenvalue weighted by Crippen LogP contribution is -1.89. The third-order valence-corrected chi connectivity index (χ3v) is 2.31. The van der Waals surface area contributed by atoms with Crippen LogP contribution in [0.3, 0.4) is 0 Å². The van der Waals surface area contributed by atoms with E-state index in [1.165, 1.54) is 0 Å². The van der Waals surface area contributed by atoms with Gasteiger partial charge in [-0.05, 0) is 30.2 Å². The average Bonchev–Trinajstić information content (AvgIpc) is 2.47. The molecule has 0 radical (unpaired) electrons. The molecule has 11 heteroatoms. The summed E-state index contributed by atoms with van der Waals surface area (Å²) in [5, 5.41) is 0. The summed E-state index contributed by atoms with van der Waals surface area (Å²) in [6.07, 6.45) is 2.70. The van der Waals surface area contributed by atoms with E-state index in [4.69, 9.17) is 39.8 Å². The largest absolute Gasteiger partial charge is 0.457 e. The Balaban J connectivity index is 0.000000520. The van der Waals surface area contributed by atoms with Crippen LogP contribution in [0.25, 0.3) is 0 Å². The molecule has 0 saturated heterocycles. The second-order valence-electron chi connectivity index (χ2n) is 4.41. The van der Waals surface area contributed by atoms with Crippen LogP contribution in [-0.2, 0) is 27.2 Å². The number of hydrogen-bond acceptors (Lipinski definition) is 5. The molecule has 0 aliphatic rings. The Morgan fingerprint density at radius 1 is 0.808 bits per heavy atom. The van der Waals surface area contributed by atoms with E-state index in [0.717, 1.165) is 23.5 Å².